The molecule has 2 aromatic carbocycles. The van der Waals surface area contributed by atoms with Crippen molar-refractivity contribution in [1.82, 2.24) is 10.2 Å². The SMILES string of the molecule is CCCCN1C(=O)c2ccc(C(=O)N[C@@H](C)c3cc(OC)ccc3OC)cc2C1=O. The van der Waals surface area contributed by atoms with Gasteiger partial charge in [-0.15, -0.1) is 0 Å². The van der Waals surface area contributed by atoms with Crippen molar-refractivity contribution in [3.05, 3.63) is 58.7 Å². The molecule has 0 radical (unpaired) electrons. The monoisotopic (exact) mass is 410 g/mol. The molecule has 2 aromatic rings. The molecule has 1 atom stereocenters. The first kappa shape index (κ1) is 21.4. The van der Waals surface area contributed by atoms with E-state index in [1.807, 2.05) is 13.8 Å². The lowest BCUT2D eigenvalue weighted by molar-refractivity contribution is 0.0652. The molecule has 0 spiro atoms. The number of rotatable bonds is 8. The summed E-state index contributed by atoms with van der Waals surface area (Å²) in [5.74, 6) is 0.290. The number of ether oxygens (including phenoxy) is 2. The molecule has 1 N–H and O–H groups in total. The van der Waals surface area contributed by atoms with Crippen LogP contribution in [-0.2, 0) is 0 Å². The molecular formula is C23H26N2O5. The van der Waals surface area contributed by atoms with Gasteiger partial charge < -0.3 is 14.8 Å². The number of nitrogens with one attached hydrogen (secondary N) is 1. The molecule has 0 fully saturated rings. The van der Waals surface area contributed by atoms with Gasteiger partial charge in [0, 0.05) is 17.7 Å². The number of hydrogen-bond donors (Lipinski definition) is 1. The van der Waals surface area contributed by atoms with Crippen LogP contribution in [-0.4, -0.2) is 43.4 Å². The zero-order chi connectivity index (χ0) is 21.8. The van der Waals surface area contributed by atoms with Crippen LogP contribution >= 0.6 is 0 Å². The van der Waals surface area contributed by atoms with Crippen LogP contribution in [0.1, 0.15) is 69.4 Å². The molecule has 0 aromatic heterocycles. The van der Waals surface area contributed by atoms with Crippen LogP contribution in [0.4, 0.5) is 0 Å². The lowest BCUT2D eigenvalue weighted by atomic mass is 10.0. The maximum atomic E-state index is 12.8. The highest BCUT2D eigenvalue weighted by Gasteiger charge is 2.35. The predicted octanol–water partition coefficient (Wildman–Crippen LogP) is 3.59. The number of nitrogens with zero attached hydrogens (tertiary/aromatic N) is 1. The van der Waals surface area contributed by atoms with Crippen molar-refractivity contribution < 1.29 is 23.9 Å². The van der Waals surface area contributed by atoms with E-state index in [1.54, 1.807) is 44.6 Å². The van der Waals surface area contributed by atoms with Crippen LogP contribution < -0.4 is 14.8 Å². The van der Waals surface area contributed by atoms with E-state index in [2.05, 4.69) is 5.32 Å². The van der Waals surface area contributed by atoms with Crippen molar-refractivity contribution >= 4 is 17.7 Å². The minimum Gasteiger partial charge on any atom is -0.497 e. The minimum absolute atomic E-state index is 0.273. The van der Waals surface area contributed by atoms with Crippen LogP contribution in [0.15, 0.2) is 36.4 Å². The first-order valence-corrected chi connectivity index (χ1v) is 9.94. The normalized spacial score (nSPS) is 13.8. The summed E-state index contributed by atoms with van der Waals surface area (Å²) in [6, 6.07) is 9.61. The Morgan fingerprint density at radius 1 is 1.03 bits per heavy atom. The Bertz CT molecular complexity index is 986. The number of carbonyl (C=O) groups is 3. The van der Waals surface area contributed by atoms with E-state index in [9.17, 15) is 14.4 Å². The first-order chi connectivity index (χ1) is 14.4. The third-order valence-electron chi connectivity index (χ3n) is 5.22. The molecule has 1 aliphatic rings. The van der Waals surface area contributed by atoms with Gasteiger partial charge in [0.1, 0.15) is 11.5 Å². The Labute approximate surface area is 176 Å². The number of amides is 3. The summed E-state index contributed by atoms with van der Waals surface area (Å²) in [5.41, 5.74) is 1.70. The minimum atomic E-state index is -0.366. The molecule has 7 heteroatoms. The summed E-state index contributed by atoms with van der Waals surface area (Å²) >= 11 is 0. The van der Waals surface area contributed by atoms with Gasteiger partial charge in [-0.1, -0.05) is 13.3 Å². The molecule has 30 heavy (non-hydrogen) atoms. The summed E-state index contributed by atoms with van der Waals surface area (Å²) < 4.78 is 10.7. The van der Waals surface area contributed by atoms with Gasteiger partial charge in [-0.05, 0) is 49.7 Å². The number of unbranched alkanes of at least 4 members (excludes halogenated alkanes) is 1. The Morgan fingerprint density at radius 2 is 1.77 bits per heavy atom. The molecule has 0 aliphatic carbocycles. The Balaban J connectivity index is 1.81. The molecule has 0 saturated heterocycles. The van der Waals surface area contributed by atoms with Crippen molar-refractivity contribution in [2.24, 2.45) is 0 Å². The Hall–Kier alpha value is -3.35. The van der Waals surface area contributed by atoms with Gasteiger partial charge in [0.25, 0.3) is 17.7 Å². The van der Waals surface area contributed by atoms with E-state index in [0.29, 0.717) is 29.2 Å². The molecule has 3 rings (SSSR count). The summed E-state index contributed by atoms with van der Waals surface area (Å²) in [6.07, 6.45) is 1.63. The van der Waals surface area contributed by atoms with Gasteiger partial charge in [0.2, 0.25) is 0 Å². The molecule has 1 heterocycles. The van der Waals surface area contributed by atoms with Gasteiger partial charge in [-0.3, -0.25) is 19.3 Å². The van der Waals surface area contributed by atoms with Gasteiger partial charge in [-0.2, -0.15) is 0 Å². The number of fused-ring (bicyclic) bond motifs is 1. The fourth-order valence-electron chi connectivity index (χ4n) is 3.49. The summed E-state index contributed by atoms with van der Waals surface area (Å²) in [5, 5.41) is 2.92. The van der Waals surface area contributed by atoms with Gasteiger partial charge in [0.05, 0.1) is 31.4 Å². The molecule has 158 valence electrons. The van der Waals surface area contributed by atoms with Crippen molar-refractivity contribution in [2.75, 3.05) is 20.8 Å². The number of carbonyl (C=O) groups excluding carboxylic acids is 3. The summed E-state index contributed by atoms with van der Waals surface area (Å²) in [4.78, 5) is 39.2. The zero-order valence-corrected chi connectivity index (χ0v) is 17.7. The van der Waals surface area contributed by atoms with Crippen LogP contribution in [0.3, 0.4) is 0 Å². The van der Waals surface area contributed by atoms with Gasteiger partial charge in [0.15, 0.2) is 0 Å². The number of benzene rings is 2. The van der Waals surface area contributed by atoms with E-state index in [-0.39, 0.29) is 29.3 Å². The highest BCUT2D eigenvalue weighted by molar-refractivity contribution is 6.22. The molecule has 3 amide bonds. The van der Waals surface area contributed by atoms with E-state index in [0.717, 1.165) is 18.4 Å². The predicted molar refractivity (Wildman–Crippen MR) is 112 cm³/mol. The van der Waals surface area contributed by atoms with E-state index in [4.69, 9.17) is 9.47 Å². The largest absolute Gasteiger partial charge is 0.497 e. The lowest BCUT2D eigenvalue weighted by Gasteiger charge is -2.18. The van der Waals surface area contributed by atoms with E-state index >= 15 is 0 Å². The average molecular weight is 410 g/mol. The van der Waals surface area contributed by atoms with Gasteiger partial charge >= 0.3 is 0 Å². The Kier molecular flexibility index (Phi) is 6.40. The number of imide groups is 1. The topological polar surface area (TPSA) is 84.9 Å². The van der Waals surface area contributed by atoms with Crippen molar-refractivity contribution in [1.29, 1.82) is 0 Å². The first-order valence-electron chi connectivity index (χ1n) is 9.94. The van der Waals surface area contributed by atoms with E-state index < -0.39 is 0 Å². The third-order valence-corrected chi connectivity index (χ3v) is 5.22. The van der Waals surface area contributed by atoms with Crippen LogP contribution in [0.5, 0.6) is 11.5 Å². The molecule has 7 nitrogen and oxygen atoms in total. The highest BCUT2D eigenvalue weighted by Crippen LogP contribution is 2.30. The van der Waals surface area contributed by atoms with Crippen molar-refractivity contribution in [3.63, 3.8) is 0 Å². The quantitative estimate of drug-likeness (QED) is 0.672. The third kappa shape index (κ3) is 4.01. The molecule has 1 aliphatic heterocycles. The zero-order valence-electron chi connectivity index (χ0n) is 17.7. The van der Waals surface area contributed by atoms with Crippen LogP contribution in [0.2, 0.25) is 0 Å². The van der Waals surface area contributed by atoms with Gasteiger partial charge in [-0.25, -0.2) is 0 Å². The molecule has 0 unspecified atom stereocenters. The second-order valence-corrected chi connectivity index (χ2v) is 7.18. The average Bonchev–Trinajstić information content (AvgIpc) is 3.00. The second kappa shape index (κ2) is 8.98. The molecular weight excluding hydrogens is 384 g/mol. The number of methoxy groups -OCH3 is 2. The molecule has 0 bridgehead atoms. The summed E-state index contributed by atoms with van der Waals surface area (Å²) in [7, 11) is 3.13. The summed E-state index contributed by atoms with van der Waals surface area (Å²) in [6.45, 7) is 4.22. The smallest absolute Gasteiger partial charge is 0.261 e. The number of hydrogen-bond acceptors (Lipinski definition) is 5. The highest BCUT2D eigenvalue weighted by atomic mass is 16.5. The van der Waals surface area contributed by atoms with Crippen molar-refractivity contribution in [3.8, 4) is 11.5 Å². The fraction of sp³-hybridized carbons (Fsp3) is 0.348. The lowest BCUT2D eigenvalue weighted by Crippen LogP contribution is -2.30. The molecule has 0 saturated carbocycles. The standard InChI is InChI=1S/C23H26N2O5/c1-5-6-11-25-22(27)17-9-7-15(12-19(17)23(25)28)21(26)24-14(2)18-13-16(29-3)8-10-20(18)30-4/h7-10,12-14H,5-6,11H2,1-4H3,(H,24,26)/t14-/m0/s1. The van der Waals surface area contributed by atoms with E-state index in [1.165, 1.54) is 11.0 Å². The maximum absolute atomic E-state index is 12.8. The second-order valence-electron chi connectivity index (χ2n) is 7.18. The Morgan fingerprint density at radius 3 is 2.43 bits per heavy atom. The van der Waals surface area contributed by atoms with Crippen LogP contribution in [0, 0.1) is 0 Å². The van der Waals surface area contributed by atoms with Crippen molar-refractivity contribution in [2.45, 2.75) is 32.7 Å². The van der Waals surface area contributed by atoms with Crippen LogP contribution in [0.25, 0.3) is 0 Å². The fourth-order valence-corrected chi connectivity index (χ4v) is 3.49. The maximum Gasteiger partial charge on any atom is 0.261 e.